The van der Waals surface area contributed by atoms with Crippen molar-refractivity contribution in [1.82, 2.24) is 0 Å². The van der Waals surface area contributed by atoms with E-state index < -0.39 is 4.92 Å². The Bertz CT molecular complexity index is 367. The number of ether oxygens (including phenoxy) is 1. The fourth-order valence-electron chi connectivity index (χ4n) is 0.840. The van der Waals surface area contributed by atoms with Gasteiger partial charge < -0.3 is 4.74 Å². The number of rotatable bonds is 3. The van der Waals surface area contributed by atoms with Crippen molar-refractivity contribution < 1.29 is 14.5 Å². The number of non-ortho nitro benzene ring substituents is 1. The van der Waals surface area contributed by atoms with Crippen LogP contribution in [-0.4, -0.2) is 16.2 Å². The molecular weight excluding hydrogens is 269 g/mol. The van der Waals surface area contributed by atoms with Crippen LogP contribution >= 0.6 is 23.2 Å². The van der Waals surface area contributed by atoms with Gasteiger partial charge in [-0.3, -0.25) is 14.9 Å². The van der Waals surface area contributed by atoms with Gasteiger partial charge in [-0.1, -0.05) is 6.92 Å². The highest BCUT2D eigenvalue weighted by Gasteiger charge is 2.06. The number of hydrogen-bond donors (Lipinski definition) is 0. The van der Waals surface area contributed by atoms with E-state index in [1.807, 2.05) is 0 Å². The van der Waals surface area contributed by atoms with Gasteiger partial charge in [0.2, 0.25) is 0 Å². The van der Waals surface area contributed by atoms with Gasteiger partial charge in [-0.2, -0.15) is 0 Å². The first kappa shape index (κ1) is 15.7. The van der Waals surface area contributed by atoms with Gasteiger partial charge in [-0.25, -0.2) is 0 Å². The second-order valence-corrected chi connectivity index (χ2v) is 3.49. The standard InChI is InChI=1S/C9H9NO4.CH2Cl2/c1-2-9(11)14-8-5-3-7(4-6-8)10(12)13;2-1-3/h3-6H,2H2,1H3;1H2. The molecule has 0 bridgehead atoms. The zero-order valence-corrected chi connectivity index (χ0v) is 10.6. The number of nitro benzene ring substituents is 1. The molecule has 0 atom stereocenters. The summed E-state index contributed by atoms with van der Waals surface area (Å²) in [6.45, 7) is 1.67. The van der Waals surface area contributed by atoms with Crippen molar-refractivity contribution in [3.8, 4) is 5.75 Å². The van der Waals surface area contributed by atoms with Crippen molar-refractivity contribution >= 4 is 34.9 Å². The minimum atomic E-state index is -0.509. The molecule has 0 aliphatic carbocycles. The summed E-state index contributed by atoms with van der Waals surface area (Å²) in [6, 6.07) is 5.37. The number of hydrogen-bond acceptors (Lipinski definition) is 4. The van der Waals surface area contributed by atoms with Crippen LogP contribution in [0.15, 0.2) is 24.3 Å². The van der Waals surface area contributed by atoms with Crippen molar-refractivity contribution in [2.75, 3.05) is 5.34 Å². The first-order valence-corrected chi connectivity index (χ1v) is 5.69. The molecule has 1 aromatic carbocycles. The molecule has 0 radical (unpaired) electrons. The number of nitro groups is 1. The Morgan fingerprint density at radius 1 is 1.35 bits per heavy atom. The third kappa shape index (κ3) is 6.76. The Hall–Kier alpha value is -1.33. The van der Waals surface area contributed by atoms with E-state index in [1.54, 1.807) is 6.92 Å². The highest BCUT2D eigenvalue weighted by Crippen LogP contribution is 2.17. The summed E-state index contributed by atoms with van der Waals surface area (Å²) in [5.41, 5.74) is -0.0266. The SMILES string of the molecule is CCC(=O)Oc1ccc([N+](=O)[O-])cc1.ClCCl. The highest BCUT2D eigenvalue weighted by molar-refractivity contribution is 6.40. The van der Waals surface area contributed by atoms with Gasteiger partial charge in [0.25, 0.3) is 5.69 Å². The molecule has 0 unspecified atom stereocenters. The number of nitrogens with zero attached hydrogens (tertiary/aromatic N) is 1. The second kappa shape index (κ2) is 8.78. The maximum absolute atomic E-state index is 10.8. The molecule has 0 aliphatic rings. The second-order valence-electron chi connectivity index (χ2n) is 2.68. The summed E-state index contributed by atoms with van der Waals surface area (Å²) < 4.78 is 4.84. The zero-order valence-electron chi connectivity index (χ0n) is 9.06. The Morgan fingerprint density at radius 3 is 2.18 bits per heavy atom. The molecule has 5 nitrogen and oxygen atoms in total. The molecule has 0 amide bonds. The Morgan fingerprint density at radius 2 is 1.82 bits per heavy atom. The monoisotopic (exact) mass is 279 g/mol. The predicted octanol–water partition coefficient (Wildman–Crippen LogP) is 3.33. The summed E-state index contributed by atoms with van der Waals surface area (Å²) in [4.78, 5) is 20.6. The maximum Gasteiger partial charge on any atom is 0.310 e. The van der Waals surface area contributed by atoms with Crippen molar-refractivity contribution in [2.24, 2.45) is 0 Å². The van der Waals surface area contributed by atoms with Gasteiger partial charge >= 0.3 is 5.97 Å². The van der Waals surface area contributed by atoms with Crippen LogP contribution in [0.4, 0.5) is 5.69 Å². The Labute approximate surface area is 108 Å². The van der Waals surface area contributed by atoms with E-state index in [2.05, 4.69) is 0 Å². The minimum Gasteiger partial charge on any atom is -0.427 e. The fourth-order valence-corrected chi connectivity index (χ4v) is 0.840. The van der Waals surface area contributed by atoms with Gasteiger partial charge in [0, 0.05) is 18.6 Å². The number of alkyl halides is 2. The molecule has 94 valence electrons. The lowest BCUT2D eigenvalue weighted by Crippen LogP contribution is -2.05. The van der Waals surface area contributed by atoms with Crippen LogP contribution in [0.25, 0.3) is 0 Å². The van der Waals surface area contributed by atoms with Crippen LogP contribution in [-0.2, 0) is 4.79 Å². The molecule has 0 saturated heterocycles. The predicted molar refractivity (Wildman–Crippen MR) is 65.6 cm³/mol. The summed E-state index contributed by atoms with van der Waals surface area (Å²) >= 11 is 9.53. The van der Waals surface area contributed by atoms with E-state index in [-0.39, 0.29) is 23.4 Å². The van der Waals surface area contributed by atoms with Crippen LogP contribution in [0, 0.1) is 10.1 Å². The van der Waals surface area contributed by atoms with Gasteiger partial charge in [-0.15, -0.1) is 23.2 Å². The van der Waals surface area contributed by atoms with Crippen LogP contribution in [0.2, 0.25) is 0 Å². The van der Waals surface area contributed by atoms with Crippen molar-refractivity contribution in [1.29, 1.82) is 0 Å². The normalized spacial score (nSPS) is 8.88. The average molecular weight is 280 g/mol. The number of halogens is 2. The lowest BCUT2D eigenvalue weighted by atomic mass is 10.3. The summed E-state index contributed by atoms with van der Waals surface area (Å²) in [5, 5.41) is 10.5. The van der Waals surface area contributed by atoms with E-state index in [4.69, 9.17) is 27.9 Å². The molecule has 7 heteroatoms. The Balaban J connectivity index is 0.000000770. The molecule has 0 heterocycles. The van der Waals surface area contributed by atoms with Gasteiger partial charge in [0.1, 0.15) is 5.75 Å². The van der Waals surface area contributed by atoms with Crippen molar-refractivity contribution in [3.63, 3.8) is 0 Å². The van der Waals surface area contributed by atoms with Crippen LogP contribution in [0.1, 0.15) is 13.3 Å². The summed E-state index contributed by atoms with van der Waals surface area (Å²) in [5.74, 6) is -0.0405. The van der Waals surface area contributed by atoms with Crippen molar-refractivity contribution in [2.45, 2.75) is 13.3 Å². The van der Waals surface area contributed by atoms with E-state index in [9.17, 15) is 14.9 Å². The van der Waals surface area contributed by atoms with Gasteiger partial charge in [-0.05, 0) is 12.1 Å². The quantitative estimate of drug-likeness (QED) is 0.280. The summed E-state index contributed by atoms with van der Waals surface area (Å²) in [6.07, 6.45) is 0.275. The highest BCUT2D eigenvalue weighted by atomic mass is 35.5. The molecule has 0 saturated carbocycles. The van der Waals surface area contributed by atoms with Gasteiger partial charge in [0.15, 0.2) is 0 Å². The smallest absolute Gasteiger partial charge is 0.310 e. The third-order valence-electron chi connectivity index (χ3n) is 1.57. The largest absolute Gasteiger partial charge is 0.427 e. The third-order valence-corrected chi connectivity index (χ3v) is 1.57. The molecule has 0 aromatic heterocycles. The number of benzene rings is 1. The maximum atomic E-state index is 10.8. The molecule has 0 N–H and O–H groups in total. The molecule has 1 aromatic rings. The fraction of sp³-hybridized carbons (Fsp3) is 0.300. The van der Waals surface area contributed by atoms with E-state index in [0.717, 1.165) is 0 Å². The molecular formula is C10H11Cl2NO4. The first-order valence-electron chi connectivity index (χ1n) is 4.62. The topological polar surface area (TPSA) is 69.4 Å². The summed E-state index contributed by atoms with van der Waals surface area (Å²) in [7, 11) is 0. The van der Waals surface area contributed by atoms with E-state index in [1.165, 1.54) is 24.3 Å². The Kier molecular flexibility index (Phi) is 8.09. The number of esters is 1. The number of carbonyl (C=O) groups is 1. The van der Waals surface area contributed by atoms with Crippen molar-refractivity contribution in [3.05, 3.63) is 34.4 Å². The van der Waals surface area contributed by atoms with Gasteiger partial charge in [0.05, 0.1) is 10.3 Å². The van der Waals surface area contributed by atoms with E-state index in [0.29, 0.717) is 5.75 Å². The molecule has 17 heavy (non-hydrogen) atoms. The zero-order chi connectivity index (χ0) is 13.3. The molecule has 0 fully saturated rings. The lowest BCUT2D eigenvalue weighted by molar-refractivity contribution is -0.384. The number of carbonyl (C=O) groups excluding carboxylic acids is 1. The van der Waals surface area contributed by atoms with Crippen LogP contribution < -0.4 is 4.74 Å². The van der Waals surface area contributed by atoms with Crippen LogP contribution in [0.3, 0.4) is 0 Å². The lowest BCUT2D eigenvalue weighted by Gasteiger charge is -2.00. The minimum absolute atomic E-state index is 0.0266. The molecule has 0 spiro atoms. The van der Waals surface area contributed by atoms with E-state index >= 15 is 0 Å². The van der Waals surface area contributed by atoms with Crippen LogP contribution in [0.5, 0.6) is 5.75 Å². The first-order chi connectivity index (χ1) is 8.04. The average Bonchev–Trinajstić information content (AvgIpc) is 2.30. The molecule has 1 rings (SSSR count). The molecule has 0 aliphatic heterocycles.